The van der Waals surface area contributed by atoms with E-state index in [1.165, 1.54) is 32.1 Å². The predicted molar refractivity (Wildman–Crippen MR) is 59.1 cm³/mol. The van der Waals surface area contributed by atoms with Gasteiger partial charge in [0.25, 0.3) is 0 Å². The van der Waals surface area contributed by atoms with E-state index in [0.29, 0.717) is 25.3 Å². The van der Waals surface area contributed by atoms with Gasteiger partial charge in [0, 0.05) is 20.0 Å². The summed E-state index contributed by atoms with van der Waals surface area (Å²) in [5, 5.41) is 8.43. The number of hydrogen-bond donors (Lipinski definition) is 0. The Hall–Kier alpha value is -1.04. The largest absolute Gasteiger partial charge is 0.345 e. The lowest BCUT2D eigenvalue weighted by Gasteiger charge is -2.23. The molecule has 0 radical (unpaired) electrons. The van der Waals surface area contributed by atoms with E-state index < -0.39 is 0 Å². The molecule has 1 aliphatic rings. The van der Waals surface area contributed by atoms with Gasteiger partial charge >= 0.3 is 0 Å². The van der Waals surface area contributed by atoms with Gasteiger partial charge in [-0.25, -0.2) is 0 Å². The van der Waals surface area contributed by atoms with Crippen molar-refractivity contribution in [2.24, 2.45) is 5.92 Å². The van der Waals surface area contributed by atoms with Gasteiger partial charge < -0.3 is 4.90 Å². The minimum absolute atomic E-state index is 0.206. The first-order valence-corrected chi connectivity index (χ1v) is 5.85. The zero-order valence-electron chi connectivity index (χ0n) is 9.54. The Balaban J connectivity index is 2.24. The molecule has 3 nitrogen and oxygen atoms in total. The van der Waals surface area contributed by atoms with Crippen LogP contribution in [0.25, 0.3) is 0 Å². The van der Waals surface area contributed by atoms with E-state index in [4.69, 9.17) is 5.26 Å². The van der Waals surface area contributed by atoms with Crippen molar-refractivity contribution in [2.45, 2.75) is 44.9 Å². The molecule has 0 aromatic carbocycles. The number of hydrogen-bond acceptors (Lipinski definition) is 2. The molecule has 0 unspecified atom stereocenters. The first kappa shape index (κ1) is 12.0. The summed E-state index contributed by atoms with van der Waals surface area (Å²) in [6.07, 6.45) is 7.42. The third-order valence-corrected chi connectivity index (χ3v) is 3.17. The third kappa shape index (κ3) is 4.33. The van der Waals surface area contributed by atoms with Crippen molar-refractivity contribution >= 4 is 5.91 Å². The van der Waals surface area contributed by atoms with Gasteiger partial charge in [0.2, 0.25) is 5.91 Å². The van der Waals surface area contributed by atoms with Gasteiger partial charge in [-0.05, 0) is 18.8 Å². The van der Waals surface area contributed by atoms with E-state index in [0.717, 1.165) is 0 Å². The molecule has 0 spiro atoms. The van der Waals surface area contributed by atoms with Gasteiger partial charge in [-0.3, -0.25) is 4.79 Å². The predicted octanol–water partition coefficient (Wildman–Crippen LogP) is 2.33. The molecule has 15 heavy (non-hydrogen) atoms. The van der Waals surface area contributed by atoms with Crippen molar-refractivity contribution in [3.05, 3.63) is 0 Å². The van der Waals surface area contributed by atoms with Crippen molar-refractivity contribution in [1.82, 2.24) is 4.90 Å². The molecular weight excluding hydrogens is 188 g/mol. The van der Waals surface area contributed by atoms with Crippen LogP contribution in [-0.2, 0) is 4.79 Å². The number of nitriles is 1. The molecule has 0 aliphatic heterocycles. The molecule has 84 valence electrons. The molecule has 0 N–H and O–H groups in total. The van der Waals surface area contributed by atoms with Crippen LogP contribution in [0.3, 0.4) is 0 Å². The van der Waals surface area contributed by atoms with Crippen molar-refractivity contribution in [3.63, 3.8) is 0 Å². The zero-order chi connectivity index (χ0) is 11.1. The Morgan fingerprint density at radius 2 is 2.07 bits per heavy atom. The highest BCUT2D eigenvalue weighted by Gasteiger charge is 2.18. The topological polar surface area (TPSA) is 44.1 Å². The van der Waals surface area contributed by atoms with Gasteiger partial charge in [-0.15, -0.1) is 0 Å². The molecule has 0 saturated heterocycles. The normalized spacial score (nSPS) is 17.1. The Kier molecular flexibility index (Phi) is 5.17. The number of carbonyl (C=O) groups is 1. The summed E-state index contributed by atoms with van der Waals surface area (Å²) in [4.78, 5) is 13.4. The van der Waals surface area contributed by atoms with Crippen LogP contribution in [0, 0.1) is 17.2 Å². The molecule has 0 bridgehead atoms. The Bertz CT molecular complexity index is 238. The van der Waals surface area contributed by atoms with Gasteiger partial charge in [-0.2, -0.15) is 5.26 Å². The van der Waals surface area contributed by atoms with Crippen LogP contribution in [0.2, 0.25) is 0 Å². The molecule has 0 aromatic rings. The fourth-order valence-corrected chi connectivity index (χ4v) is 2.14. The third-order valence-electron chi connectivity index (χ3n) is 3.17. The summed E-state index contributed by atoms with van der Waals surface area (Å²) < 4.78 is 0. The lowest BCUT2D eigenvalue weighted by Crippen LogP contribution is -2.29. The van der Waals surface area contributed by atoms with Crippen LogP contribution < -0.4 is 0 Å². The zero-order valence-corrected chi connectivity index (χ0v) is 9.54. The lowest BCUT2D eigenvalue weighted by molar-refractivity contribution is -0.131. The van der Waals surface area contributed by atoms with Crippen LogP contribution in [0.5, 0.6) is 0 Å². The van der Waals surface area contributed by atoms with Crippen molar-refractivity contribution in [1.29, 1.82) is 5.26 Å². The van der Waals surface area contributed by atoms with E-state index in [1.54, 1.807) is 11.9 Å². The SMILES string of the molecule is CN(CCC#N)C(=O)CC1CCCCC1. The van der Waals surface area contributed by atoms with E-state index >= 15 is 0 Å². The number of rotatable bonds is 4. The maximum Gasteiger partial charge on any atom is 0.222 e. The summed E-state index contributed by atoms with van der Waals surface area (Å²) in [7, 11) is 1.79. The second-order valence-electron chi connectivity index (χ2n) is 4.43. The second-order valence-corrected chi connectivity index (χ2v) is 4.43. The Morgan fingerprint density at radius 3 is 2.67 bits per heavy atom. The first-order valence-electron chi connectivity index (χ1n) is 5.85. The standard InChI is InChI=1S/C12H20N2O/c1-14(9-5-8-13)12(15)10-11-6-3-2-4-7-11/h11H,2-7,9-10H2,1H3. The summed E-state index contributed by atoms with van der Waals surface area (Å²) in [5.74, 6) is 0.799. The Morgan fingerprint density at radius 1 is 1.40 bits per heavy atom. The minimum atomic E-state index is 0.206. The van der Waals surface area contributed by atoms with Crippen LogP contribution in [-0.4, -0.2) is 24.4 Å². The molecule has 0 heterocycles. The average Bonchev–Trinajstić information content (AvgIpc) is 2.27. The van der Waals surface area contributed by atoms with Crippen molar-refractivity contribution in [3.8, 4) is 6.07 Å². The van der Waals surface area contributed by atoms with Crippen molar-refractivity contribution < 1.29 is 4.79 Å². The average molecular weight is 208 g/mol. The van der Waals surface area contributed by atoms with Crippen LogP contribution in [0.15, 0.2) is 0 Å². The molecule has 1 fully saturated rings. The van der Waals surface area contributed by atoms with Gasteiger partial charge in [0.15, 0.2) is 0 Å². The highest BCUT2D eigenvalue weighted by atomic mass is 16.2. The Labute approximate surface area is 92.1 Å². The molecule has 1 amide bonds. The molecule has 1 rings (SSSR count). The van der Waals surface area contributed by atoms with E-state index in [-0.39, 0.29) is 5.91 Å². The smallest absolute Gasteiger partial charge is 0.222 e. The highest BCUT2D eigenvalue weighted by molar-refractivity contribution is 5.76. The number of nitrogens with zero attached hydrogens (tertiary/aromatic N) is 2. The minimum Gasteiger partial charge on any atom is -0.345 e. The summed E-state index contributed by atoms with van der Waals surface area (Å²) in [6.45, 7) is 0.571. The van der Waals surface area contributed by atoms with Gasteiger partial charge in [0.05, 0.1) is 12.5 Å². The quantitative estimate of drug-likeness (QED) is 0.711. The maximum absolute atomic E-state index is 11.7. The van der Waals surface area contributed by atoms with Crippen LogP contribution in [0.1, 0.15) is 44.9 Å². The highest BCUT2D eigenvalue weighted by Crippen LogP contribution is 2.26. The fraction of sp³-hybridized carbons (Fsp3) is 0.833. The second kappa shape index (κ2) is 6.44. The number of amides is 1. The molecule has 0 aromatic heterocycles. The first-order chi connectivity index (χ1) is 7.24. The van der Waals surface area contributed by atoms with E-state index in [2.05, 4.69) is 6.07 Å². The molecule has 1 saturated carbocycles. The van der Waals surface area contributed by atoms with Crippen LogP contribution in [0.4, 0.5) is 0 Å². The maximum atomic E-state index is 11.7. The molecular formula is C12H20N2O. The molecule has 1 aliphatic carbocycles. The fourth-order valence-electron chi connectivity index (χ4n) is 2.14. The molecule has 3 heteroatoms. The van der Waals surface area contributed by atoms with Gasteiger partial charge in [0.1, 0.15) is 0 Å². The molecule has 0 atom stereocenters. The van der Waals surface area contributed by atoms with Crippen LogP contribution >= 0.6 is 0 Å². The lowest BCUT2D eigenvalue weighted by atomic mass is 9.87. The summed E-state index contributed by atoms with van der Waals surface area (Å²) >= 11 is 0. The summed E-state index contributed by atoms with van der Waals surface area (Å²) in [5.41, 5.74) is 0. The number of carbonyl (C=O) groups excluding carboxylic acids is 1. The van der Waals surface area contributed by atoms with E-state index in [9.17, 15) is 4.79 Å². The van der Waals surface area contributed by atoms with Gasteiger partial charge in [-0.1, -0.05) is 19.3 Å². The van der Waals surface area contributed by atoms with E-state index in [1.807, 2.05) is 0 Å². The van der Waals surface area contributed by atoms with Crippen molar-refractivity contribution in [2.75, 3.05) is 13.6 Å². The monoisotopic (exact) mass is 208 g/mol. The summed E-state index contributed by atoms with van der Waals surface area (Å²) in [6, 6.07) is 2.06.